The molecule has 22 heavy (non-hydrogen) atoms. The lowest BCUT2D eigenvalue weighted by atomic mass is 10.00. The molecule has 1 saturated heterocycles. The number of benzene rings is 1. The zero-order valence-corrected chi connectivity index (χ0v) is 13.5. The van der Waals surface area contributed by atoms with Gasteiger partial charge in [0.1, 0.15) is 5.75 Å². The first kappa shape index (κ1) is 16.5. The molecule has 1 atom stereocenters. The first-order chi connectivity index (χ1) is 10.7. The summed E-state index contributed by atoms with van der Waals surface area (Å²) in [5.74, 6) is 0.452. The van der Waals surface area contributed by atoms with Crippen LogP contribution in [0.4, 0.5) is 5.69 Å². The Morgan fingerprint density at radius 2 is 2.18 bits per heavy atom. The predicted octanol–water partition coefficient (Wildman–Crippen LogP) is 3.94. The largest absolute Gasteiger partial charge is 0.426 e. The summed E-state index contributed by atoms with van der Waals surface area (Å²) in [6, 6.07) is 7.27. The summed E-state index contributed by atoms with van der Waals surface area (Å²) in [7, 11) is 0. The Hall–Kier alpha value is -1.84. The minimum absolute atomic E-state index is 0.0444. The monoisotopic (exact) mass is 303 g/mol. The highest BCUT2D eigenvalue weighted by atomic mass is 16.5. The van der Waals surface area contributed by atoms with Crippen LogP contribution in [0.15, 0.2) is 24.3 Å². The smallest absolute Gasteiger partial charge is 0.314 e. The van der Waals surface area contributed by atoms with Crippen LogP contribution in [0.3, 0.4) is 0 Å². The molecule has 0 saturated carbocycles. The Morgan fingerprint density at radius 1 is 1.36 bits per heavy atom. The lowest BCUT2D eigenvalue weighted by Crippen LogP contribution is -2.24. The maximum Gasteiger partial charge on any atom is 0.314 e. The molecule has 1 unspecified atom stereocenters. The maximum atomic E-state index is 12.2. The van der Waals surface area contributed by atoms with E-state index in [2.05, 4.69) is 6.92 Å². The predicted molar refractivity (Wildman–Crippen MR) is 87.0 cm³/mol. The molecule has 1 fully saturated rings. The van der Waals surface area contributed by atoms with E-state index in [1.165, 1.54) is 0 Å². The normalized spacial score (nSPS) is 15.9. The van der Waals surface area contributed by atoms with Crippen molar-refractivity contribution in [1.82, 2.24) is 0 Å². The number of ether oxygens (including phenoxy) is 1. The van der Waals surface area contributed by atoms with Gasteiger partial charge in [0, 0.05) is 24.7 Å². The minimum Gasteiger partial charge on any atom is -0.426 e. The Labute approximate surface area is 132 Å². The molecule has 1 aliphatic rings. The number of esters is 1. The van der Waals surface area contributed by atoms with Gasteiger partial charge in [-0.25, -0.2) is 0 Å². The second-order valence-corrected chi connectivity index (χ2v) is 5.81. The fourth-order valence-electron chi connectivity index (χ4n) is 2.77. The van der Waals surface area contributed by atoms with Crippen molar-refractivity contribution in [2.24, 2.45) is 5.92 Å². The van der Waals surface area contributed by atoms with E-state index in [1.54, 1.807) is 17.0 Å². The van der Waals surface area contributed by atoms with Crippen molar-refractivity contribution in [3.05, 3.63) is 24.3 Å². The number of carbonyl (C=O) groups excluding carboxylic acids is 2. The summed E-state index contributed by atoms with van der Waals surface area (Å²) in [6.07, 6.45) is 5.27. The van der Waals surface area contributed by atoms with E-state index < -0.39 is 0 Å². The van der Waals surface area contributed by atoms with Gasteiger partial charge >= 0.3 is 5.97 Å². The SMILES string of the molecule is CCCCC(CC)C(=O)Oc1cccc(N2CCCC2=O)c1. The van der Waals surface area contributed by atoms with Crippen molar-refractivity contribution in [2.75, 3.05) is 11.4 Å². The summed E-state index contributed by atoms with van der Waals surface area (Å²) < 4.78 is 5.52. The Morgan fingerprint density at radius 3 is 2.82 bits per heavy atom. The van der Waals surface area contributed by atoms with Gasteiger partial charge in [-0.3, -0.25) is 9.59 Å². The number of carbonyl (C=O) groups is 2. The van der Waals surface area contributed by atoms with E-state index in [0.717, 1.165) is 44.3 Å². The van der Waals surface area contributed by atoms with Crippen molar-refractivity contribution < 1.29 is 14.3 Å². The van der Waals surface area contributed by atoms with Gasteiger partial charge in [-0.15, -0.1) is 0 Å². The number of amides is 1. The number of hydrogen-bond donors (Lipinski definition) is 0. The van der Waals surface area contributed by atoms with Crippen molar-refractivity contribution in [2.45, 2.75) is 52.4 Å². The quantitative estimate of drug-likeness (QED) is 0.566. The van der Waals surface area contributed by atoms with Crippen LogP contribution in [-0.2, 0) is 9.59 Å². The highest BCUT2D eigenvalue weighted by Crippen LogP contribution is 2.26. The first-order valence-corrected chi connectivity index (χ1v) is 8.27. The average molecular weight is 303 g/mol. The van der Waals surface area contributed by atoms with Gasteiger partial charge in [-0.2, -0.15) is 0 Å². The molecule has 0 N–H and O–H groups in total. The molecule has 1 aliphatic heterocycles. The molecule has 1 aromatic rings. The third kappa shape index (κ3) is 4.09. The van der Waals surface area contributed by atoms with Gasteiger partial charge in [0.05, 0.1) is 5.92 Å². The maximum absolute atomic E-state index is 12.2. The van der Waals surface area contributed by atoms with E-state index in [-0.39, 0.29) is 17.8 Å². The Kier molecular flexibility index (Phi) is 5.99. The summed E-state index contributed by atoms with van der Waals surface area (Å²) in [5, 5.41) is 0. The van der Waals surface area contributed by atoms with Crippen LogP contribution in [0.1, 0.15) is 52.4 Å². The molecule has 1 aromatic carbocycles. The Balaban J connectivity index is 2.03. The number of anilines is 1. The standard InChI is InChI=1S/C18H25NO3/c1-3-5-8-14(4-2)18(21)22-16-10-6-9-15(13-16)19-12-7-11-17(19)20/h6,9-10,13-14H,3-5,7-8,11-12H2,1-2H3. The van der Waals surface area contributed by atoms with Gasteiger partial charge in [0.15, 0.2) is 0 Å². The van der Waals surface area contributed by atoms with Crippen LogP contribution in [0, 0.1) is 5.92 Å². The summed E-state index contributed by atoms with van der Waals surface area (Å²) in [6.45, 7) is 4.87. The van der Waals surface area contributed by atoms with Crippen LogP contribution in [0.2, 0.25) is 0 Å². The zero-order valence-electron chi connectivity index (χ0n) is 13.5. The van der Waals surface area contributed by atoms with E-state index in [1.807, 2.05) is 19.1 Å². The van der Waals surface area contributed by atoms with Crippen LogP contribution in [-0.4, -0.2) is 18.4 Å². The number of hydrogen-bond acceptors (Lipinski definition) is 3. The lowest BCUT2D eigenvalue weighted by molar-refractivity contribution is -0.139. The molecular formula is C18H25NO3. The van der Waals surface area contributed by atoms with Gasteiger partial charge < -0.3 is 9.64 Å². The molecule has 0 bridgehead atoms. The van der Waals surface area contributed by atoms with E-state index in [9.17, 15) is 9.59 Å². The average Bonchev–Trinajstić information content (AvgIpc) is 2.94. The highest BCUT2D eigenvalue weighted by molar-refractivity contribution is 5.95. The second-order valence-electron chi connectivity index (χ2n) is 5.81. The highest BCUT2D eigenvalue weighted by Gasteiger charge is 2.23. The second kappa shape index (κ2) is 7.97. The van der Waals surface area contributed by atoms with Crippen molar-refractivity contribution in [1.29, 1.82) is 0 Å². The fraction of sp³-hybridized carbons (Fsp3) is 0.556. The third-order valence-corrected chi connectivity index (χ3v) is 4.15. The molecule has 0 aromatic heterocycles. The molecule has 4 nitrogen and oxygen atoms in total. The molecule has 4 heteroatoms. The topological polar surface area (TPSA) is 46.6 Å². The fourth-order valence-corrected chi connectivity index (χ4v) is 2.77. The van der Waals surface area contributed by atoms with Crippen LogP contribution in [0.5, 0.6) is 5.75 Å². The number of rotatable bonds is 7. The van der Waals surface area contributed by atoms with Gasteiger partial charge in [-0.05, 0) is 31.4 Å². The van der Waals surface area contributed by atoms with Gasteiger partial charge in [0.2, 0.25) is 5.91 Å². The zero-order chi connectivity index (χ0) is 15.9. The number of nitrogens with zero attached hydrogens (tertiary/aromatic N) is 1. The van der Waals surface area contributed by atoms with E-state index in [0.29, 0.717) is 12.2 Å². The lowest BCUT2D eigenvalue weighted by Gasteiger charge is -2.17. The van der Waals surface area contributed by atoms with Crippen molar-refractivity contribution >= 4 is 17.6 Å². The van der Waals surface area contributed by atoms with Crippen molar-refractivity contribution in [3.63, 3.8) is 0 Å². The molecule has 0 radical (unpaired) electrons. The third-order valence-electron chi connectivity index (χ3n) is 4.15. The molecule has 1 amide bonds. The minimum atomic E-state index is -0.166. The van der Waals surface area contributed by atoms with Gasteiger partial charge in [-0.1, -0.05) is 32.8 Å². The van der Waals surface area contributed by atoms with Crippen molar-refractivity contribution in [3.8, 4) is 5.75 Å². The van der Waals surface area contributed by atoms with Crippen LogP contribution >= 0.6 is 0 Å². The van der Waals surface area contributed by atoms with E-state index in [4.69, 9.17) is 4.74 Å². The van der Waals surface area contributed by atoms with Gasteiger partial charge in [0.25, 0.3) is 0 Å². The molecule has 120 valence electrons. The first-order valence-electron chi connectivity index (χ1n) is 8.27. The van der Waals surface area contributed by atoms with Crippen LogP contribution < -0.4 is 9.64 Å². The summed E-state index contributed by atoms with van der Waals surface area (Å²) in [4.78, 5) is 25.8. The summed E-state index contributed by atoms with van der Waals surface area (Å²) in [5.41, 5.74) is 0.814. The Bertz CT molecular complexity index is 527. The molecule has 0 spiro atoms. The number of unbranched alkanes of at least 4 members (excludes halogenated alkanes) is 1. The van der Waals surface area contributed by atoms with E-state index >= 15 is 0 Å². The molecule has 2 rings (SSSR count). The van der Waals surface area contributed by atoms with Crippen LogP contribution in [0.25, 0.3) is 0 Å². The molecule has 0 aliphatic carbocycles. The molecule has 1 heterocycles. The summed E-state index contributed by atoms with van der Waals surface area (Å²) >= 11 is 0. The molecular weight excluding hydrogens is 278 g/mol.